The number of hydrogen-bond donors (Lipinski definition) is 0. The molecule has 1 heterocycles. The average molecular weight is 600 g/mol. The summed E-state index contributed by atoms with van der Waals surface area (Å²) < 4.78 is 10.5. The molecule has 12 heteroatoms. The number of carbonyl (C=O) groups excluding carboxylic acids is 5. The Bertz CT molecular complexity index is 1640. The van der Waals surface area contributed by atoms with Gasteiger partial charge in [0.15, 0.2) is 5.78 Å². The van der Waals surface area contributed by atoms with Crippen molar-refractivity contribution in [3.63, 3.8) is 0 Å². The van der Waals surface area contributed by atoms with Crippen LogP contribution in [0.5, 0.6) is 11.5 Å². The molecule has 5 rings (SSSR count). The molecule has 226 valence electrons. The number of nitrogens with zero attached hydrogens (tertiary/aromatic N) is 3. The molecule has 3 atom stereocenters. The van der Waals surface area contributed by atoms with E-state index in [9.17, 15) is 34.1 Å². The second kappa shape index (κ2) is 12.5. The van der Waals surface area contributed by atoms with Gasteiger partial charge in [-0.3, -0.25) is 29.3 Å². The van der Waals surface area contributed by atoms with Gasteiger partial charge in [-0.15, -0.1) is 0 Å². The van der Waals surface area contributed by atoms with Crippen molar-refractivity contribution in [2.45, 2.75) is 26.2 Å². The molecular weight excluding hydrogens is 570 g/mol. The van der Waals surface area contributed by atoms with E-state index in [-0.39, 0.29) is 34.0 Å². The molecule has 44 heavy (non-hydrogen) atoms. The van der Waals surface area contributed by atoms with E-state index in [1.54, 1.807) is 18.2 Å². The lowest BCUT2D eigenvalue weighted by molar-refractivity contribution is -0.384. The van der Waals surface area contributed by atoms with Gasteiger partial charge in [-0.25, -0.2) is 9.80 Å². The number of methoxy groups -OCH3 is 1. The van der Waals surface area contributed by atoms with Gasteiger partial charge < -0.3 is 9.47 Å². The van der Waals surface area contributed by atoms with E-state index in [4.69, 9.17) is 9.47 Å². The first-order valence-corrected chi connectivity index (χ1v) is 14.0. The molecule has 3 aromatic carbocycles. The lowest BCUT2D eigenvalue weighted by Gasteiger charge is -2.30. The van der Waals surface area contributed by atoms with Gasteiger partial charge in [0.1, 0.15) is 18.0 Å². The predicted octanol–water partition coefficient (Wildman–Crippen LogP) is 4.48. The summed E-state index contributed by atoms with van der Waals surface area (Å²) in [6.45, 7) is 1.35. The highest BCUT2D eigenvalue weighted by Gasteiger charge is 2.52. The lowest BCUT2D eigenvalue weighted by atomic mass is 9.76. The molecule has 0 radical (unpaired) electrons. The van der Waals surface area contributed by atoms with Crippen LogP contribution in [0.1, 0.15) is 57.3 Å². The number of carbonyl (C=O) groups is 5. The molecule has 12 nitrogen and oxygen atoms in total. The minimum Gasteiger partial charge on any atom is -0.497 e. The summed E-state index contributed by atoms with van der Waals surface area (Å²) in [6.07, 6.45) is 1.75. The Morgan fingerprint density at radius 3 is 2.20 bits per heavy atom. The summed E-state index contributed by atoms with van der Waals surface area (Å²) in [4.78, 5) is 77.1. The van der Waals surface area contributed by atoms with Crippen LogP contribution in [0.25, 0.3) is 0 Å². The summed E-state index contributed by atoms with van der Waals surface area (Å²) in [6, 6.07) is 16.7. The van der Waals surface area contributed by atoms with Gasteiger partial charge in [-0.05, 0) is 79.8 Å². The number of rotatable bonds is 9. The molecule has 0 unspecified atom stereocenters. The van der Waals surface area contributed by atoms with Crippen LogP contribution in [0, 0.1) is 27.9 Å². The Hall–Kier alpha value is -5.39. The first-order chi connectivity index (χ1) is 21.1. The van der Waals surface area contributed by atoms with Crippen LogP contribution in [0.15, 0.2) is 72.8 Å². The van der Waals surface area contributed by atoms with E-state index in [0.29, 0.717) is 18.6 Å². The number of ketones is 1. The van der Waals surface area contributed by atoms with Crippen molar-refractivity contribution < 1.29 is 38.4 Å². The topological polar surface area (TPSA) is 153 Å². The number of fused-ring (bicyclic) bond motifs is 1. The second-order valence-electron chi connectivity index (χ2n) is 10.9. The molecule has 0 aromatic heterocycles. The van der Waals surface area contributed by atoms with Crippen molar-refractivity contribution >= 4 is 35.2 Å². The number of Topliss-reactive ketones (excluding diaryl/α,β-unsaturated/α-hetero) is 1. The van der Waals surface area contributed by atoms with E-state index >= 15 is 0 Å². The van der Waals surface area contributed by atoms with Crippen molar-refractivity contribution in [2.75, 3.05) is 13.7 Å². The van der Waals surface area contributed by atoms with Crippen LogP contribution < -0.4 is 9.47 Å². The summed E-state index contributed by atoms with van der Waals surface area (Å²) in [5.74, 6) is -3.45. The Morgan fingerprint density at radius 1 is 0.886 bits per heavy atom. The Balaban J connectivity index is 1.38. The van der Waals surface area contributed by atoms with Gasteiger partial charge in [-0.1, -0.05) is 13.0 Å². The number of imide groups is 1. The van der Waals surface area contributed by atoms with Crippen molar-refractivity contribution in [3.8, 4) is 11.5 Å². The highest BCUT2D eigenvalue weighted by molar-refractivity contribution is 6.09. The molecular formula is C32H29N3O9. The molecule has 1 saturated carbocycles. The maximum Gasteiger partial charge on any atom is 0.343 e. The second-order valence-corrected chi connectivity index (χ2v) is 10.9. The third-order valence-corrected chi connectivity index (χ3v) is 7.95. The minimum absolute atomic E-state index is 0.0351. The molecule has 1 saturated heterocycles. The van der Waals surface area contributed by atoms with E-state index < -0.39 is 52.8 Å². The maximum absolute atomic E-state index is 13.7. The highest BCUT2D eigenvalue weighted by atomic mass is 16.6. The predicted molar refractivity (Wildman–Crippen MR) is 155 cm³/mol. The van der Waals surface area contributed by atoms with E-state index in [0.717, 1.165) is 28.6 Å². The van der Waals surface area contributed by atoms with Crippen LogP contribution in [0.3, 0.4) is 0 Å². The van der Waals surface area contributed by atoms with E-state index in [1.807, 2.05) is 6.92 Å². The molecule has 2 aliphatic rings. The van der Waals surface area contributed by atoms with Crippen LogP contribution in [0.4, 0.5) is 5.69 Å². The molecule has 0 spiro atoms. The normalized spacial score (nSPS) is 19.2. The number of nitro benzene ring substituents is 1. The van der Waals surface area contributed by atoms with Crippen molar-refractivity contribution in [1.29, 1.82) is 0 Å². The zero-order valence-electron chi connectivity index (χ0n) is 24.0. The fraction of sp³-hybridized carbons (Fsp3) is 0.281. The van der Waals surface area contributed by atoms with Gasteiger partial charge in [-0.2, -0.15) is 5.01 Å². The first-order valence-electron chi connectivity index (χ1n) is 14.0. The number of hydrogen-bond acceptors (Lipinski definition) is 9. The fourth-order valence-corrected chi connectivity index (χ4v) is 5.57. The number of benzene rings is 3. The Labute approximate surface area is 252 Å². The number of esters is 1. The quantitative estimate of drug-likeness (QED) is 0.0865. The SMILES string of the molecule is COc1cccc(C(=O)Oc2ccc(C(=O)CN(C(=O)c3ccc([N+](=O)[O-])cc3)N3C(=O)[C@H]4C[C@@H](C)CC[C@H]4C3=O)cc2)c1. The van der Waals surface area contributed by atoms with E-state index in [2.05, 4.69) is 0 Å². The van der Waals surface area contributed by atoms with E-state index in [1.165, 1.54) is 49.6 Å². The number of ether oxygens (including phenoxy) is 2. The number of nitro groups is 1. The fourth-order valence-electron chi connectivity index (χ4n) is 5.57. The van der Waals surface area contributed by atoms with Gasteiger partial charge >= 0.3 is 5.97 Å². The summed E-state index contributed by atoms with van der Waals surface area (Å²) in [5, 5.41) is 12.7. The first kappa shape index (κ1) is 30.1. The Morgan fingerprint density at radius 2 is 1.55 bits per heavy atom. The third kappa shape index (κ3) is 6.05. The largest absolute Gasteiger partial charge is 0.497 e. The molecule has 3 aromatic rings. The Kier molecular flexibility index (Phi) is 8.52. The molecule has 2 fully saturated rings. The van der Waals surface area contributed by atoms with Gasteiger partial charge in [0.25, 0.3) is 23.4 Å². The van der Waals surface area contributed by atoms with Crippen LogP contribution >= 0.6 is 0 Å². The van der Waals surface area contributed by atoms with Crippen LogP contribution in [0.2, 0.25) is 0 Å². The highest BCUT2D eigenvalue weighted by Crippen LogP contribution is 2.41. The summed E-state index contributed by atoms with van der Waals surface area (Å²) in [7, 11) is 1.48. The molecule has 1 aliphatic heterocycles. The van der Waals surface area contributed by atoms with Crippen molar-refractivity contribution in [1.82, 2.24) is 10.0 Å². The lowest BCUT2D eigenvalue weighted by Crippen LogP contribution is -2.52. The minimum atomic E-state index is -0.828. The van der Waals surface area contributed by atoms with Gasteiger partial charge in [0.05, 0.1) is 29.4 Å². The third-order valence-electron chi connectivity index (χ3n) is 7.95. The maximum atomic E-state index is 13.7. The smallest absolute Gasteiger partial charge is 0.343 e. The van der Waals surface area contributed by atoms with Gasteiger partial charge in [0.2, 0.25) is 0 Å². The molecule has 1 aliphatic carbocycles. The molecule has 3 amide bonds. The molecule has 0 N–H and O–H groups in total. The number of amides is 3. The average Bonchev–Trinajstić information content (AvgIpc) is 3.27. The van der Waals surface area contributed by atoms with Gasteiger partial charge in [0, 0.05) is 23.3 Å². The monoisotopic (exact) mass is 599 g/mol. The number of non-ortho nitro benzene ring substituents is 1. The van der Waals surface area contributed by atoms with Crippen LogP contribution in [-0.2, 0) is 9.59 Å². The zero-order chi connectivity index (χ0) is 31.5. The standard InChI is InChI=1S/C32H29N3O9/c1-19-6-15-26-27(16-19)31(39)34(30(26)38)33(29(37)21-7-11-23(12-8-21)35(41)42)18-28(36)20-9-13-24(14-10-20)44-32(40)22-4-3-5-25(17-22)43-2/h3-5,7-14,17,19,26-27H,6,15-16,18H2,1-2H3/t19-,26+,27-/m0/s1. The van der Waals surface area contributed by atoms with Crippen molar-refractivity contribution in [2.24, 2.45) is 17.8 Å². The van der Waals surface area contributed by atoms with Crippen molar-refractivity contribution in [3.05, 3.63) is 99.6 Å². The number of hydrazine groups is 1. The summed E-state index contributed by atoms with van der Waals surface area (Å²) >= 11 is 0. The van der Waals surface area contributed by atoms with Crippen LogP contribution in [-0.4, -0.2) is 58.1 Å². The summed E-state index contributed by atoms with van der Waals surface area (Å²) in [5.41, 5.74) is 0.120. The molecule has 0 bridgehead atoms. The zero-order valence-corrected chi connectivity index (χ0v) is 24.0.